The van der Waals surface area contributed by atoms with Gasteiger partial charge in [0.1, 0.15) is 6.61 Å². The fourth-order valence-electron chi connectivity index (χ4n) is 2.87. The molecule has 0 aliphatic carbocycles. The lowest BCUT2D eigenvalue weighted by atomic mass is 9.94. The van der Waals surface area contributed by atoms with E-state index in [9.17, 15) is 4.79 Å². The number of rotatable bonds is 2. The highest BCUT2D eigenvalue weighted by atomic mass is 79.9. The summed E-state index contributed by atoms with van der Waals surface area (Å²) in [6, 6.07) is 16.9. The van der Waals surface area contributed by atoms with E-state index < -0.39 is 0 Å². The molecule has 2 aromatic carbocycles. The van der Waals surface area contributed by atoms with Crippen molar-refractivity contribution in [2.75, 3.05) is 0 Å². The van der Waals surface area contributed by atoms with Crippen LogP contribution in [-0.2, 0) is 11.3 Å². The zero-order valence-electron chi connectivity index (χ0n) is 15.0. The van der Waals surface area contributed by atoms with Crippen molar-refractivity contribution in [1.29, 1.82) is 0 Å². The predicted molar refractivity (Wildman–Crippen MR) is 111 cm³/mol. The van der Waals surface area contributed by atoms with Gasteiger partial charge >= 0.3 is 0 Å². The summed E-state index contributed by atoms with van der Waals surface area (Å²) in [6.45, 7) is 2.43. The maximum atomic E-state index is 12.8. The van der Waals surface area contributed by atoms with Crippen LogP contribution in [0.15, 0.2) is 94.9 Å². The number of benzene rings is 2. The normalized spacial score (nSPS) is 19.9. The molecular formula is C23H20BrNO2. The average Bonchev–Trinajstić information content (AvgIpc) is 2.68. The molecule has 1 aliphatic rings. The Bertz CT molecular complexity index is 938. The molecule has 27 heavy (non-hydrogen) atoms. The first-order valence-corrected chi connectivity index (χ1v) is 9.45. The van der Waals surface area contributed by atoms with Crippen LogP contribution in [0.2, 0.25) is 0 Å². The van der Waals surface area contributed by atoms with Crippen LogP contribution in [0.25, 0.3) is 0 Å². The highest BCUT2D eigenvalue weighted by molar-refractivity contribution is 9.11. The van der Waals surface area contributed by atoms with Gasteiger partial charge in [0.15, 0.2) is 0 Å². The van der Waals surface area contributed by atoms with Crippen molar-refractivity contribution in [2.45, 2.75) is 19.6 Å². The molecule has 3 rings (SSSR count). The zero-order chi connectivity index (χ0) is 19.1. The van der Waals surface area contributed by atoms with Gasteiger partial charge in [-0.1, -0.05) is 42.5 Å². The van der Waals surface area contributed by atoms with Gasteiger partial charge in [-0.25, -0.2) is 0 Å². The molecule has 1 amide bonds. The minimum atomic E-state index is -0.282. The van der Waals surface area contributed by atoms with Crippen LogP contribution < -0.4 is 5.32 Å². The zero-order valence-corrected chi connectivity index (χ0v) is 16.6. The highest BCUT2D eigenvalue weighted by Gasteiger charge is 2.20. The molecular weight excluding hydrogens is 402 g/mol. The number of nitrogens with one attached hydrogen (secondary N) is 1. The maximum Gasteiger partial charge on any atom is 0.252 e. The second-order valence-corrected chi connectivity index (χ2v) is 7.01. The van der Waals surface area contributed by atoms with Gasteiger partial charge in [0.05, 0.1) is 16.8 Å². The van der Waals surface area contributed by atoms with E-state index >= 15 is 0 Å². The molecule has 1 unspecified atom stereocenters. The lowest BCUT2D eigenvalue weighted by Gasteiger charge is -2.23. The number of hydrogen-bond donors (Lipinski definition) is 1. The number of amides is 1. The van der Waals surface area contributed by atoms with Crippen LogP contribution in [0.4, 0.5) is 0 Å². The number of carbonyl (C=O) groups is 1. The summed E-state index contributed by atoms with van der Waals surface area (Å²) < 4.78 is 6.43. The molecule has 2 aromatic rings. The number of carbonyl (C=O) groups excluding carboxylic acids is 1. The van der Waals surface area contributed by atoms with E-state index in [2.05, 4.69) is 27.0 Å². The lowest BCUT2D eigenvalue weighted by Crippen LogP contribution is -2.30. The Morgan fingerprint density at radius 1 is 1.15 bits per heavy atom. The molecule has 1 heterocycles. The number of allylic oxidation sites excluding steroid dienone is 3. The Hall–Kier alpha value is -2.81. The Balaban J connectivity index is 2.04. The van der Waals surface area contributed by atoms with Gasteiger partial charge in [-0.3, -0.25) is 4.79 Å². The summed E-state index contributed by atoms with van der Waals surface area (Å²) in [5.74, 6) is -0.119. The van der Waals surface area contributed by atoms with Gasteiger partial charge in [0.25, 0.3) is 5.91 Å². The molecule has 3 nitrogen and oxygen atoms in total. The standard InChI is InChI=1S/C23H20BrNO2/c1-17-15-20(24)12-7-8-14-27-16-19-11-5-6-13-21(19)22(17)25-23(26)18-9-3-2-4-10-18/h2-11,13-15,22H,16H2,1H3,(H,25,26)/b14-8+,17-15+. The number of halogens is 1. The fourth-order valence-corrected chi connectivity index (χ4v) is 3.37. The Labute approximate surface area is 167 Å². The first-order chi connectivity index (χ1) is 13.1. The highest BCUT2D eigenvalue weighted by Crippen LogP contribution is 2.28. The smallest absolute Gasteiger partial charge is 0.252 e. The van der Waals surface area contributed by atoms with Crippen molar-refractivity contribution in [3.8, 4) is 0 Å². The van der Waals surface area contributed by atoms with Gasteiger partial charge in [0.2, 0.25) is 0 Å². The molecule has 0 spiro atoms. The molecule has 0 saturated heterocycles. The van der Waals surface area contributed by atoms with Gasteiger partial charge in [0, 0.05) is 5.56 Å². The van der Waals surface area contributed by atoms with Crippen LogP contribution in [0.1, 0.15) is 34.5 Å². The lowest BCUT2D eigenvalue weighted by molar-refractivity contribution is 0.0942. The third-order valence-electron chi connectivity index (χ3n) is 4.22. The van der Waals surface area contributed by atoms with Crippen LogP contribution in [0.5, 0.6) is 0 Å². The fraction of sp³-hybridized carbons (Fsp3) is 0.130. The largest absolute Gasteiger partial charge is 0.496 e. The van der Waals surface area contributed by atoms with Gasteiger partial charge < -0.3 is 10.1 Å². The van der Waals surface area contributed by atoms with E-state index in [4.69, 9.17) is 4.74 Å². The van der Waals surface area contributed by atoms with Crippen LogP contribution in [-0.4, -0.2) is 5.91 Å². The first kappa shape index (κ1) is 19.0. The van der Waals surface area contributed by atoms with E-state index in [0.29, 0.717) is 12.2 Å². The minimum Gasteiger partial charge on any atom is -0.496 e. The Kier molecular flexibility index (Phi) is 6.48. The van der Waals surface area contributed by atoms with Gasteiger partial charge in [-0.15, -0.1) is 5.73 Å². The molecule has 0 saturated carbocycles. The third-order valence-corrected chi connectivity index (χ3v) is 4.68. The van der Waals surface area contributed by atoms with Crippen molar-refractivity contribution in [1.82, 2.24) is 5.32 Å². The molecule has 0 radical (unpaired) electrons. The molecule has 1 aliphatic heterocycles. The van der Waals surface area contributed by atoms with Crippen LogP contribution in [0, 0.1) is 0 Å². The molecule has 0 aromatic heterocycles. The number of hydrogen-bond acceptors (Lipinski definition) is 2. The summed E-state index contributed by atoms with van der Waals surface area (Å²) in [6.07, 6.45) is 7.18. The van der Waals surface area contributed by atoms with Crippen LogP contribution in [0.3, 0.4) is 0 Å². The van der Waals surface area contributed by atoms with Gasteiger partial charge in [-0.05, 0) is 69.9 Å². The van der Waals surface area contributed by atoms with Crippen LogP contribution >= 0.6 is 15.9 Å². The van der Waals surface area contributed by atoms with Crippen molar-refractivity contribution >= 4 is 21.8 Å². The summed E-state index contributed by atoms with van der Waals surface area (Å²) in [5.41, 5.74) is 6.76. The second kappa shape index (κ2) is 9.22. The Morgan fingerprint density at radius 2 is 1.89 bits per heavy atom. The molecule has 136 valence electrons. The Morgan fingerprint density at radius 3 is 2.70 bits per heavy atom. The average molecular weight is 422 g/mol. The quantitative estimate of drug-likeness (QED) is 0.642. The van der Waals surface area contributed by atoms with Crippen molar-refractivity contribution in [3.63, 3.8) is 0 Å². The first-order valence-electron chi connectivity index (χ1n) is 8.66. The van der Waals surface area contributed by atoms with Crippen molar-refractivity contribution in [2.24, 2.45) is 0 Å². The van der Waals surface area contributed by atoms with Crippen molar-refractivity contribution < 1.29 is 9.53 Å². The maximum absolute atomic E-state index is 12.8. The van der Waals surface area contributed by atoms with Crippen molar-refractivity contribution in [3.05, 3.63) is 112 Å². The molecule has 0 bridgehead atoms. The predicted octanol–water partition coefficient (Wildman–Crippen LogP) is 5.58. The van der Waals surface area contributed by atoms with E-state index in [-0.39, 0.29) is 11.9 Å². The SMILES string of the molecule is C/C1=C\C(Br)=C=C/C=C/OCc2ccccc2C1NC(=O)c1ccccc1. The summed E-state index contributed by atoms with van der Waals surface area (Å²) in [7, 11) is 0. The summed E-state index contributed by atoms with van der Waals surface area (Å²) in [5, 5.41) is 3.16. The second-order valence-electron chi connectivity index (χ2n) is 6.16. The van der Waals surface area contributed by atoms with E-state index in [0.717, 1.165) is 21.2 Å². The molecule has 1 N–H and O–H groups in total. The van der Waals surface area contributed by atoms with E-state index in [1.165, 1.54) is 0 Å². The monoisotopic (exact) mass is 421 g/mol. The topological polar surface area (TPSA) is 38.3 Å². The minimum absolute atomic E-state index is 0.119. The number of ether oxygens (including phenoxy) is 1. The summed E-state index contributed by atoms with van der Waals surface area (Å²) in [4.78, 5) is 12.8. The van der Waals surface area contributed by atoms with E-state index in [1.54, 1.807) is 18.4 Å². The molecule has 4 heteroatoms. The van der Waals surface area contributed by atoms with Gasteiger partial charge in [-0.2, -0.15) is 0 Å². The molecule has 1 atom stereocenters. The molecule has 0 fully saturated rings. The summed E-state index contributed by atoms with van der Waals surface area (Å²) >= 11 is 3.51. The third kappa shape index (κ3) is 5.10. The van der Waals surface area contributed by atoms with E-state index in [1.807, 2.05) is 67.6 Å². The number of fused-ring (bicyclic) bond motifs is 1.